The van der Waals surface area contributed by atoms with Gasteiger partial charge in [-0.3, -0.25) is 0 Å². The number of rotatable bonds is 7. The fraction of sp³-hybridized carbons (Fsp3) is 0.667. The highest BCUT2D eigenvalue weighted by atomic mass is 15.2. The van der Waals surface area contributed by atoms with Crippen molar-refractivity contribution in [2.24, 2.45) is 5.92 Å². The summed E-state index contributed by atoms with van der Waals surface area (Å²) in [7, 11) is 2.12. The molecule has 1 heterocycles. The van der Waals surface area contributed by atoms with Crippen molar-refractivity contribution in [3.05, 3.63) is 23.9 Å². The summed E-state index contributed by atoms with van der Waals surface area (Å²) in [6, 6.07) is 6.74. The Morgan fingerprint density at radius 3 is 2.56 bits per heavy atom. The highest BCUT2D eigenvalue weighted by molar-refractivity contribution is 5.38. The molecule has 0 unspecified atom stereocenters. The topological polar surface area (TPSA) is 28.2 Å². The molecule has 0 saturated heterocycles. The van der Waals surface area contributed by atoms with Crippen LogP contribution in [-0.2, 0) is 6.54 Å². The second-order valence-corrected chi connectivity index (χ2v) is 5.63. The van der Waals surface area contributed by atoms with Crippen LogP contribution < -0.4 is 10.2 Å². The number of aromatic nitrogens is 1. The van der Waals surface area contributed by atoms with E-state index in [4.69, 9.17) is 0 Å². The molecule has 0 aromatic carbocycles. The van der Waals surface area contributed by atoms with Crippen LogP contribution in [0.15, 0.2) is 18.2 Å². The van der Waals surface area contributed by atoms with Gasteiger partial charge in [-0.1, -0.05) is 33.8 Å². The fourth-order valence-corrected chi connectivity index (χ4v) is 1.65. The van der Waals surface area contributed by atoms with Crippen LogP contribution in [0.5, 0.6) is 0 Å². The lowest BCUT2D eigenvalue weighted by atomic mass is 10.1. The van der Waals surface area contributed by atoms with E-state index in [1.807, 2.05) is 0 Å². The third-order valence-electron chi connectivity index (χ3n) is 2.92. The zero-order chi connectivity index (χ0) is 13.5. The molecule has 1 N–H and O–H groups in total. The van der Waals surface area contributed by atoms with Gasteiger partial charge < -0.3 is 10.2 Å². The maximum absolute atomic E-state index is 4.69. The summed E-state index contributed by atoms with van der Waals surface area (Å²) in [6.07, 6.45) is 1.20. The average molecular weight is 249 g/mol. The Kier molecular flexibility index (Phi) is 6.13. The van der Waals surface area contributed by atoms with Gasteiger partial charge in [-0.25, -0.2) is 4.98 Å². The van der Waals surface area contributed by atoms with E-state index >= 15 is 0 Å². The molecule has 0 aliphatic carbocycles. The normalized spacial score (nSPS) is 11.3. The van der Waals surface area contributed by atoms with E-state index in [0.717, 1.165) is 30.5 Å². The minimum absolute atomic E-state index is 0.495. The Labute approximate surface area is 112 Å². The number of pyridine rings is 1. The summed E-state index contributed by atoms with van der Waals surface area (Å²) in [6.45, 7) is 10.7. The van der Waals surface area contributed by atoms with E-state index in [0.29, 0.717) is 6.04 Å². The summed E-state index contributed by atoms with van der Waals surface area (Å²) in [5.74, 6) is 1.80. The Hall–Kier alpha value is -1.09. The maximum atomic E-state index is 4.69. The first-order valence-electron chi connectivity index (χ1n) is 6.89. The van der Waals surface area contributed by atoms with Crippen LogP contribution in [0.25, 0.3) is 0 Å². The molecule has 102 valence electrons. The smallest absolute Gasteiger partial charge is 0.128 e. The van der Waals surface area contributed by atoms with Crippen molar-refractivity contribution in [2.45, 2.75) is 46.7 Å². The molecule has 0 spiro atoms. The van der Waals surface area contributed by atoms with E-state index in [-0.39, 0.29) is 0 Å². The summed E-state index contributed by atoms with van der Waals surface area (Å²) >= 11 is 0. The van der Waals surface area contributed by atoms with Crippen LogP contribution in [0.3, 0.4) is 0 Å². The lowest BCUT2D eigenvalue weighted by Gasteiger charge is -2.20. The van der Waals surface area contributed by atoms with Crippen molar-refractivity contribution in [2.75, 3.05) is 18.5 Å². The molecule has 3 heteroatoms. The van der Waals surface area contributed by atoms with Gasteiger partial charge in [0.1, 0.15) is 5.82 Å². The lowest BCUT2D eigenvalue weighted by molar-refractivity contribution is 0.575. The summed E-state index contributed by atoms with van der Waals surface area (Å²) in [5.41, 5.74) is 1.11. The molecule has 0 amide bonds. The van der Waals surface area contributed by atoms with Gasteiger partial charge in [0.15, 0.2) is 0 Å². The number of anilines is 1. The first-order chi connectivity index (χ1) is 8.49. The molecule has 0 fully saturated rings. The van der Waals surface area contributed by atoms with Crippen LogP contribution in [0.2, 0.25) is 0 Å². The minimum Gasteiger partial charge on any atom is -0.360 e. The molecule has 0 radical (unpaired) electrons. The standard InChI is InChI=1S/C15H27N3/c1-12(2)9-10-18(5)15-8-6-7-14(17-15)11-16-13(3)4/h6-8,12-13,16H,9-11H2,1-5H3. The predicted molar refractivity (Wildman–Crippen MR) is 78.9 cm³/mol. The molecule has 1 rings (SSSR count). The first kappa shape index (κ1) is 15.0. The molecule has 0 atom stereocenters. The zero-order valence-corrected chi connectivity index (χ0v) is 12.4. The summed E-state index contributed by atoms with van der Waals surface area (Å²) in [4.78, 5) is 6.92. The Morgan fingerprint density at radius 1 is 1.22 bits per heavy atom. The van der Waals surface area contributed by atoms with E-state index in [9.17, 15) is 0 Å². The van der Waals surface area contributed by atoms with E-state index in [2.05, 4.69) is 68.1 Å². The highest BCUT2D eigenvalue weighted by Gasteiger charge is 2.05. The number of hydrogen-bond acceptors (Lipinski definition) is 3. The molecule has 1 aromatic rings. The van der Waals surface area contributed by atoms with Crippen molar-refractivity contribution < 1.29 is 0 Å². The van der Waals surface area contributed by atoms with Crippen molar-refractivity contribution in [1.82, 2.24) is 10.3 Å². The molecule has 0 aliphatic heterocycles. The number of hydrogen-bond donors (Lipinski definition) is 1. The van der Waals surface area contributed by atoms with Gasteiger partial charge in [-0.05, 0) is 24.5 Å². The van der Waals surface area contributed by atoms with Gasteiger partial charge in [0.05, 0.1) is 5.69 Å². The van der Waals surface area contributed by atoms with E-state index < -0.39 is 0 Å². The van der Waals surface area contributed by atoms with Gasteiger partial charge in [0, 0.05) is 26.2 Å². The molecule has 0 aliphatic rings. The number of nitrogens with one attached hydrogen (secondary N) is 1. The van der Waals surface area contributed by atoms with Crippen molar-refractivity contribution in [3.8, 4) is 0 Å². The van der Waals surface area contributed by atoms with Gasteiger partial charge in [0.2, 0.25) is 0 Å². The van der Waals surface area contributed by atoms with Crippen molar-refractivity contribution in [1.29, 1.82) is 0 Å². The van der Waals surface area contributed by atoms with E-state index in [1.165, 1.54) is 6.42 Å². The third-order valence-corrected chi connectivity index (χ3v) is 2.92. The van der Waals surface area contributed by atoms with Crippen LogP contribution in [0.1, 0.15) is 39.8 Å². The maximum Gasteiger partial charge on any atom is 0.128 e. The van der Waals surface area contributed by atoms with Crippen LogP contribution in [0, 0.1) is 5.92 Å². The van der Waals surface area contributed by atoms with Crippen LogP contribution >= 0.6 is 0 Å². The molecule has 1 aromatic heterocycles. The summed E-state index contributed by atoms with van der Waals surface area (Å²) < 4.78 is 0. The Bertz CT molecular complexity index is 347. The average Bonchev–Trinajstić information content (AvgIpc) is 2.33. The largest absolute Gasteiger partial charge is 0.360 e. The van der Waals surface area contributed by atoms with Gasteiger partial charge in [-0.15, -0.1) is 0 Å². The van der Waals surface area contributed by atoms with Gasteiger partial charge >= 0.3 is 0 Å². The lowest BCUT2D eigenvalue weighted by Crippen LogP contribution is -2.24. The second-order valence-electron chi connectivity index (χ2n) is 5.63. The Morgan fingerprint density at radius 2 is 1.94 bits per heavy atom. The molecule has 18 heavy (non-hydrogen) atoms. The summed E-state index contributed by atoms with van der Waals surface area (Å²) in [5, 5.41) is 3.40. The highest BCUT2D eigenvalue weighted by Crippen LogP contribution is 2.12. The van der Waals surface area contributed by atoms with Crippen LogP contribution in [-0.4, -0.2) is 24.6 Å². The molecular formula is C15H27N3. The third kappa shape index (κ3) is 5.50. The zero-order valence-electron chi connectivity index (χ0n) is 12.4. The molecule has 0 bridgehead atoms. The molecular weight excluding hydrogens is 222 g/mol. The van der Waals surface area contributed by atoms with Gasteiger partial charge in [0.25, 0.3) is 0 Å². The number of nitrogens with zero attached hydrogens (tertiary/aromatic N) is 2. The van der Waals surface area contributed by atoms with Crippen molar-refractivity contribution in [3.63, 3.8) is 0 Å². The molecule has 3 nitrogen and oxygen atoms in total. The SMILES string of the molecule is CC(C)CCN(C)c1cccc(CNC(C)C)n1. The van der Waals surface area contributed by atoms with Gasteiger partial charge in [-0.2, -0.15) is 0 Å². The van der Waals surface area contributed by atoms with Crippen molar-refractivity contribution >= 4 is 5.82 Å². The monoisotopic (exact) mass is 249 g/mol. The quantitative estimate of drug-likeness (QED) is 0.805. The molecule has 0 saturated carbocycles. The van der Waals surface area contributed by atoms with Crippen LogP contribution in [0.4, 0.5) is 5.82 Å². The van der Waals surface area contributed by atoms with E-state index in [1.54, 1.807) is 0 Å². The minimum atomic E-state index is 0.495. The predicted octanol–water partition coefficient (Wildman–Crippen LogP) is 3.06. The fourth-order valence-electron chi connectivity index (χ4n) is 1.65. The first-order valence-corrected chi connectivity index (χ1v) is 6.89. The second kappa shape index (κ2) is 7.37. The Balaban J connectivity index is 2.57.